The second-order valence-electron chi connectivity index (χ2n) is 7.71. The van der Waals surface area contributed by atoms with Gasteiger partial charge < -0.3 is 9.73 Å². The van der Waals surface area contributed by atoms with Crippen molar-refractivity contribution in [2.24, 2.45) is 0 Å². The number of oxazole rings is 1. The highest BCUT2D eigenvalue weighted by atomic mass is 32.2. The molecule has 0 saturated carbocycles. The third-order valence-corrected chi connectivity index (χ3v) is 6.48. The van der Waals surface area contributed by atoms with Crippen molar-refractivity contribution in [3.8, 4) is 17.1 Å². The van der Waals surface area contributed by atoms with Crippen LogP contribution in [0.15, 0.2) is 88.9 Å². The van der Waals surface area contributed by atoms with Crippen molar-refractivity contribution in [1.29, 1.82) is 0 Å². The van der Waals surface area contributed by atoms with Crippen LogP contribution in [0.25, 0.3) is 17.1 Å². The molecule has 0 saturated heterocycles. The minimum atomic E-state index is -3.76. The van der Waals surface area contributed by atoms with Crippen LogP contribution < -0.4 is 10.0 Å². The van der Waals surface area contributed by atoms with Crippen LogP contribution in [0.3, 0.4) is 0 Å². The fraction of sp³-hybridized carbons (Fsp3) is 0.0833. The molecule has 3 aromatic heterocycles. The Morgan fingerprint density at radius 1 is 0.914 bits per heavy atom. The van der Waals surface area contributed by atoms with Gasteiger partial charge >= 0.3 is 0 Å². The molecular weight excluding hydrogens is 466 g/mol. The third-order valence-electron chi connectivity index (χ3n) is 5.08. The Morgan fingerprint density at radius 2 is 1.66 bits per heavy atom. The number of aryl methyl sites for hydroxylation is 2. The summed E-state index contributed by atoms with van der Waals surface area (Å²) in [7, 11) is -3.76. The van der Waals surface area contributed by atoms with Crippen LogP contribution in [0.2, 0.25) is 0 Å². The van der Waals surface area contributed by atoms with E-state index in [1.807, 2.05) is 6.92 Å². The van der Waals surface area contributed by atoms with Gasteiger partial charge in [0.25, 0.3) is 10.0 Å². The van der Waals surface area contributed by atoms with Crippen LogP contribution in [0.4, 0.5) is 17.2 Å². The number of hydrogen-bond acceptors (Lipinski definition) is 8. The van der Waals surface area contributed by atoms with E-state index >= 15 is 0 Å². The highest BCUT2D eigenvalue weighted by molar-refractivity contribution is 7.92. The number of nitrogens with one attached hydrogen (secondary N) is 2. The number of benzene rings is 2. The molecule has 0 radical (unpaired) electrons. The molecule has 0 atom stereocenters. The van der Waals surface area contributed by atoms with Gasteiger partial charge in [-0.3, -0.25) is 9.29 Å². The number of imidazole rings is 1. The van der Waals surface area contributed by atoms with Crippen LogP contribution in [0, 0.1) is 13.8 Å². The Balaban J connectivity index is 1.28. The average molecular weight is 488 g/mol. The normalized spacial score (nSPS) is 11.4. The molecule has 10 nitrogen and oxygen atoms in total. The standard InChI is InChI=1S/C24H21N7O3S/c1-16-26-23(13-24(27-16)31-12-11-25-15-31)29-19-5-7-20(8-6-19)30-35(32,33)21-9-3-18(4-10-21)22-14-34-17(2)28-22/h3-15,30H,1-2H3,(H,26,27,29). The maximum Gasteiger partial charge on any atom is 0.261 e. The molecule has 0 aliphatic rings. The molecule has 5 rings (SSSR count). The van der Waals surface area contributed by atoms with E-state index in [0.29, 0.717) is 34.7 Å². The summed E-state index contributed by atoms with van der Waals surface area (Å²) in [5.41, 5.74) is 2.60. The summed E-state index contributed by atoms with van der Waals surface area (Å²) < 4.78 is 35.3. The Hall–Kier alpha value is -4.51. The SMILES string of the molecule is Cc1nc(Nc2ccc(NS(=O)(=O)c3ccc(-c4coc(C)n4)cc3)cc2)cc(-n2ccnc2)n1. The van der Waals surface area contributed by atoms with E-state index < -0.39 is 10.0 Å². The summed E-state index contributed by atoms with van der Waals surface area (Å²) in [5.74, 6) is 2.45. The smallest absolute Gasteiger partial charge is 0.261 e. The number of nitrogens with zero attached hydrogens (tertiary/aromatic N) is 5. The Kier molecular flexibility index (Phi) is 5.75. The number of aromatic nitrogens is 5. The molecule has 2 aromatic carbocycles. The van der Waals surface area contributed by atoms with Crippen molar-refractivity contribution in [2.45, 2.75) is 18.7 Å². The van der Waals surface area contributed by atoms with Crippen LogP contribution in [0.5, 0.6) is 0 Å². The lowest BCUT2D eigenvalue weighted by Crippen LogP contribution is -2.12. The summed E-state index contributed by atoms with van der Waals surface area (Å²) in [5, 5.41) is 3.22. The molecule has 35 heavy (non-hydrogen) atoms. The minimum Gasteiger partial charge on any atom is -0.449 e. The van der Waals surface area contributed by atoms with E-state index in [2.05, 4.69) is 30.0 Å². The zero-order chi connectivity index (χ0) is 24.4. The lowest BCUT2D eigenvalue weighted by Gasteiger charge is -2.11. The Morgan fingerprint density at radius 3 is 2.31 bits per heavy atom. The summed E-state index contributed by atoms with van der Waals surface area (Å²) in [6.07, 6.45) is 6.68. The van der Waals surface area contributed by atoms with E-state index in [1.165, 1.54) is 18.4 Å². The van der Waals surface area contributed by atoms with Crippen molar-refractivity contribution < 1.29 is 12.8 Å². The van der Waals surface area contributed by atoms with Gasteiger partial charge in [-0.25, -0.2) is 28.4 Å². The first-order valence-corrected chi connectivity index (χ1v) is 12.1. The predicted molar refractivity (Wildman–Crippen MR) is 131 cm³/mol. The van der Waals surface area contributed by atoms with Crippen LogP contribution in [-0.4, -0.2) is 32.9 Å². The molecule has 5 aromatic rings. The van der Waals surface area contributed by atoms with E-state index in [9.17, 15) is 8.42 Å². The maximum absolute atomic E-state index is 12.8. The Labute approximate surface area is 201 Å². The van der Waals surface area contributed by atoms with Gasteiger partial charge in [0.1, 0.15) is 35.7 Å². The van der Waals surface area contributed by atoms with Crippen LogP contribution >= 0.6 is 0 Å². The lowest BCUT2D eigenvalue weighted by molar-refractivity contribution is 0.521. The minimum absolute atomic E-state index is 0.146. The largest absolute Gasteiger partial charge is 0.449 e. The fourth-order valence-corrected chi connectivity index (χ4v) is 4.49. The summed E-state index contributed by atoms with van der Waals surface area (Å²) in [6, 6.07) is 15.1. The zero-order valence-electron chi connectivity index (χ0n) is 18.9. The molecule has 0 aliphatic carbocycles. The number of rotatable bonds is 7. The van der Waals surface area contributed by atoms with Crippen molar-refractivity contribution in [2.75, 3.05) is 10.0 Å². The van der Waals surface area contributed by atoms with E-state index in [1.54, 1.807) is 72.7 Å². The van der Waals surface area contributed by atoms with E-state index in [-0.39, 0.29) is 4.90 Å². The van der Waals surface area contributed by atoms with Crippen molar-refractivity contribution in [3.63, 3.8) is 0 Å². The number of hydrogen-bond donors (Lipinski definition) is 2. The third kappa shape index (κ3) is 5.04. The highest BCUT2D eigenvalue weighted by Crippen LogP contribution is 2.24. The first kappa shape index (κ1) is 22.3. The van der Waals surface area contributed by atoms with Gasteiger partial charge in [-0.15, -0.1) is 0 Å². The second kappa shape index (κ2) is 9.03. The fourth-order valence-electron chi connectivity index (χ4n) is 3.43. The molecule has 11 heteroatoms. The molecule has 0 amide bonds. The quantitative estimate of drug-likeness (QED) is 0.344. The molecule has 0 fully saturated rings. The monoisotopic (exact) mass is 487 g/mol. The van der Waals surface area contributed by atoms with Gasteiger partial charge in [0.2, 0.25) is 0 Å². The zero-order valence-corrected chi connectivity index (χ0v) is 19.7. The molecule has 0 spiro atoms. The maximum atomic E-state index is 12.8. The molecular formula is C24H21N7O3S. The van der Waals surface area contributed by atoms with Gasteiger partial charge in [0.05, 0.1) is 4.90 Å². The molecule has 3 heterocycles. The molecule has 176 valence electrons. The first-order chi connectivity index (χ1) is 16.9. The second-order valence-corrected chi connectivity index (χ2v) is 9.39. The van der Waals surface area contributed by atoms with E-state index in [0.717, 1.165) is 11.3 Å². The number of anilines is 3. The van der Waals surface area contributed by atoms with Gasteiger partial charge in [-0.2, -0.15) is 0 Å². The van der Waals surface area contributed by atoms with Crippen molar-refractivity contribution >= 4 is 27.2 Å². The summed E-state index contributed by atoms with van der Waals surface area (Å²) >= 11 is 0. The molecule has 0 aliphatic heterocycles. The van der Waals surface area contributed by atoms with Crippen LogP contribution in [0.1, 0.15) is 11.7 Å². The van der Waals surface area contributed by atoms with Gasteiger partial charge in [0, 0.05) is 42.3 Å². The van der Waals surface area contributed by atoms with E-state index in [4.69, 9.17) is 4.42 Å². The molecule has 0 bridgehead atoms. The topological polar surface area (TPSA) is 128 Å². The van der Waals surface area contributed by atoms with Gasteiger partial charge in [-0.05, 0) is 43.3 Å². The Bertz CT molecular complexity index is 1560. The molecule has 2 N–H and O–H groups in total. The summed E-state index contributed by atoms with van der Waals surface area (Å²) in [6.45, 7) is 3.56. The summed E-state index contributed by atoms with van der Waals surface area (Å²) in [4.78, 5) is 17.3. The van der Waals surface area contributed by atoms with Gasteiger partial charge in [-0.1, -0.05) is 12.1 Å². The number of sulfonamides is 1. The van der Waals surface area contributed by atoms with Crippen molar-refractivity contribution in [1.82, 2.24) is 24.5 Å². The van der Waals surface area contributed by atoms with Crippen LogP contribution in [-0.2, 0) is 10.0 Å². The average Bonchev–Trinajstić information content (AvgIpc) is 3.52. The van der Waals surface area contributed by atoms with Gasteiger partial charge in [0.15, 0.2) is 5.89 Å². The predicted octanol–water partition coefficient (Wildman–Crippen LogP) is 4.48. The first-order valence-electron chi connectivity index (χ1n) is 10.6. The molecule has 0 unspecified atom stereocenters. The lowest BCUT2D eigenvalue weighted by atomic mass is 10.2. The van der Waals surface area contributed by atoms with Crippen molar-refractivity contribution in [3.05, 3.63) is 91.3 Å². The highest BCUT2D eigenvalue weighted by Gasteiger charge is 2.15.